The lowest BCUT2D eigenvalue weighted by Gasteiger charge is -2.04. The van der Waals surface area contributed by atoms with E-state index in [0.717, 1.165) is 5.75 Å². The summed E-state index contributed by atoms with van der Waals surface area (Å²) in [6, 6.07) is 1.56. The normalized spacial score (nSPS) is 11.7. The second kappa shape index (κ2) is 6.05. The molecule has 0 saturated carbocycles. The molecule has 1 amide bonds. The number of carbonyl (C=O) groups excluding carboxylic acids is 1. The quantitative estimate of drug-likeness (QED) is 0.681. The Balaban J connectivity index is 3.46. The van der Waals surface area contributed by atoms with Gasteiger partial charge in [0.05, 0.1) is 6.07 Å². The molecule has 0 saturated heterocycles. The Morgan fingerprint density at radius 1 is 1.82 bits per heavy atom. The van der Waals surface area contributed by atoms with Crippen LogP contribution in [-0.2, 0) is 4.79 Å². The summed E-state index contributed by atoms with van der Waals surface area (Å²) < 4.78 is 0. The molecule has 0 aromatic heterocycles. The van der Waals surface area contributed by atoms with E-state index in [4.69, 9.17) is 5.26 Å². The van der Waals surface area contributed by atoms with Crippen LogP contribution in [0, 0.1) is 11.3 Å². The molecule has 4 heteroatoms. The van der Waals surface area contributed by atoms with Crippen LogP contribution < -0.4 is 5.32 Å². The van der Waals surface area contributed by atoms with Crippen LogP contribution in [0.5, 0.6) is 0 Å². The fraction of sp³-hybridized carbons (Fsp3) is 0.714. The number of thioether (sulfide) groups is 1. The molecule has 0 radical (unpaired) electrons. The lowest BCUT2D eigenvalue weighted by molar-refractivity contribution is -0.120. The number of nitrogens with zero attached hydrogens (tertiary/aromatic N) is 1. The van der Waals surface area contributed by atoms with E-state index in [0.29, 0.717) is 6.42 Å². The van der Waals surface area contributed by atoms with Gasteiger partial charge in [0, 0.05) is 12.2 Å². The van der Waals surface area contributed by atoms with Gasteiger partial charge in [-0.3, -0.25) is 4.79 Å². The fourth-order valence-electron chi connectivity index (χ4n) is 0.541. The molecule has 11 heavy (non-hydrogen) atoms. The van der Waals surface area contributed by atoms with Gasteiger partial charge in [-0.2, -0.15) is 17.0 Å². The third-order valence-corrected chi connectivity index (χ3v) is 1.72. The van der Waals surface area contributed by atoms with E-state index in [2.05, 4.69) is 5.32 Å². The van der Waals surface area contributed by atoms with E-state index in [9.17, 15) is 4.79 Å². The zero-order valence-corrected chi connectivity index (χ0v) is 7.57. The van der Waals surface area contributed by atoms with Crippen molar-refractivity contribution < 1.29 is 4.79 Å². The zero-order chi connectivity index (χ0) is 8.69. The predicted molar refractivity (Wildman–Crippen MR) is 46.2 cm³/mol. The van der Waals surface area contributed by atoms with Crippen LogP contribution in [0.25, 0.3) is 0 Å². The molecule has 3 nitrogen and oxygen atoms in total. The lowest BCUT2D eigenvalue weighted by Crippen LogP contribution is -2.31. The van der Waals surface area contributed by atoms with E-state index < -0.39 is 0 Å². The lowest BCUT2D eigenvalue weighted by atomic mass is 10.3. The van der Waals surface area contributed by atoms with Crippen LogP contribution in [0.2, 0.25) is 0 Å². The van der Waals surface area contributed by atoms with Gasteiger partial charge in [0.2, 0.25) is 5.91 Å². The summed E-state index contributed by atoms with van der Waals surface area (Å²) in [4.78, 5) is 10.9. The molecular weight excluding hydrogens is 160 g/mol. The molecule has 1 atom stereocenters. The van der Waals surface area contributed by atoms with E-state index in [1.165, 1.54) is 0 Å². The van der Waals surface area contributed by atoms with Crippen LogP contribution in [0.3, 0.4) is 0 Å². The van der Waals surface area contributed by atoms with E-state index in [1.807, 2.05) is 12.3 Å². The summed E-state index contributed by atoms with van der Waals surface area (Å²) in [7, 11) is 0. The Kier molecular flexibility index (Phi) is 5.67. The van der Waals surface area contributed by atoms with Gasteiger partial charge < -0.3 is 5.32 Å². The second-order valence-electron chi connectivity index (χ2n) is 2.16. The van der Waals surface area contributed by atoms with E-state index in [-0.39, 0.29) is 11.9 Å². The molecule has 0 heterocycles. The molecule has 0 aromatic carbocycles. The minimum Gasteiger partial charge on any atom is -0.341 e. The van der Waals surface area contributed by atoms with Gasteiger partial charge in [0.25, 0.3) is 0 Å². The summed E-state index contributed by atoms with van der Waals surface area (Å²) in [5.74, 6) is 0.762. The van der Waals surface area contributed by atoms with Crippen molar-refractivity contribution in [2.24, 2.45) is 0 Å². The number of rotatable bonds is 4. The molecule has 62 valence electrons. The van der Waals surface area contributed by atoms with Crippen LogP contribution in [0.4, 0.5) is 0 Å². The monoisotopic (exact) mass is 172 g/mol. The summed E-state index contributed by atoms with van der Waals surface area (Å²) >= 11 is 1.62. The van der Waals surface area contributed by atoms with Gasteiger partial charge >= 0.3 is 0 Å². The molecule has 0 rings (SSSR count). The number of nitriles is 1. The van der Waals surface area contributed by atoms with E-state index in [1.54, 1.807) is 18.7 Å². The summed E-state index contributed by atoms with van der Waals surface area (Å²) in [5.41, 5.74) is 0. The maximum absolute atomic E-state index is 10.9. The van der Waals surface area contributed by atoms with Crippen molar-refractivity contribution in [3.8, 4) is 6.07 Å². The maximum Gasteiger partial charge on any atom is 0.221 e. The van der Waals surface area contributed by atoms with Gasteiger partial charge in [-0.15, -0.1) is 0 Å². The van der Waals surface area contributed by atoms with Crippen molar-refractivity contribution in [3.63, 3.8) is 0 Å². The molecule has 0 aliphatic carbocycles. The molecule has 1 N–H and O–H groups in total. The highest BCUT2D eigenvalue weighted by atomic mass is 32.2. The molecule has 0 fully saturated rings. The highest BCUT2D eigenvalue weighted by Crippen LogP contribution is 1.95. The highest BCUT2D eigenvalue weighted by Gasteiger charge is 2.03. The largest absolute Gasteiger partial charge is 0.341 e. The highest BCUT2D eigenvalue weighted by molar-refractivity contribution is 7.98. The van der Waals surface area contributed by atoms with Crippen molar-refractivity contribution >= 4 is 17.7 Å². The number of nitrogens with one attached hydrogen (secondary N) is 1. The smallest absolute Gasteiger partial charge is 0.221 e. The van der Waals surface area contributed by atoms with Gasteiger partial charge in [-0.25, -0.2) is 0 Å². The topological polar surface area (TPSA) is 52.9 Å². The average Bonchev–Trinajstić information content (AvgIpc) is 2.00. The second-order valence-corrected chi connectivity index (χ2v) is 3.15. The Morgan fingerprint density at radius 2 is 2.45 bits per heavy atom. The summed E-state index contributed by atoms with van der Waals surface area (Å²) in [5, 5.41) is 10.9. The molecule has 0 spiro atoms. The van der Waals surface area contributed by atoms with Crippen molar-refractivity contribution in [2.75, 3.05) is 12.0 Å². The molecule has 0 bridgehead atoms. The van der Waals surface area contributed by atoms with Gasteiger partial charge in [0.1, 0.15) is 6.04 Å². The van der Waals surface area contributed by atoms with Crippen molar-refractivity contribution in [3.05, 3.63) is 0 Å². The Labute approximate surface area is 71.2 Å². The minimum absolute atomic E-state index is 0.0478. The molecule has 0 aliphatic rings. The minimum atomic E-state index is -0.371. The molecule has 0 aromatic rings. The number of hydrogen-bond donors (Lipinski definition) is 1. The van der Waals surface area contributed by atoms with Gasteiger partial charge in [0.15, 0.2) is 0 Å². The number of carbonyl (C=O) groups is 1. The van der Waals surface area contributed by atoms with Crippen molar-refractivity contribution in [1.29, 1.82) is 5.26 Å². The van der Waals surface area contributed by atoms with Crippen LogP contribution in [0.15, 0.2) is 0 Å². The molecule has 0 aliphatic heterocycles. The standard InChI is InChI=1S/C7H12N2OS/c1-6(5-8)9-7(10)3-4-11-2/h6H,3-4H2,1-2H3,(H,9,10). The Hall–Kier alpha value is -0.690. The van der Waals surface area contributed by atoms with Crippen molar-refractivity contribution in [1.82, 2.24) is 5.32 Å². The van der Waals surface area contributed by atoms with E-state index >= 15 is 0 Å². The van der Waals surface area contributed by atoms with Crippen molar-refractivity contribution in [2.45, 2.75) is 19.4 Å². The fourth-order valence-corrected chi connectivity index (χ4v) is 0.930. The van der Waals surface area contributed by atoms with Crippen LogP contribution in [-0.4, -0.2) is 24.0 Å². The first-order valence-electron chi connectivity index (χ1n) is 3.38. The zero-order valence-electron chi connectivity index (χ0n) is 6.76. The average molecular weight is 172 g/mol. The molecule has 1 unspecified atom stereocenters. The first-order chi connectivity index (χ1) is 5.20. The summed E-state index contributed by atoms with van der Waals surface area (Å²) in [6.07, 6.45) is 2.44. The van der Waals surface area contributed by atoms with Gasteiger partial charge in [-0.1, -0.05) is 0 Å². The maximum atomic E-state index is 10.9. The van der Waals surface area contributed by atoms with Crippen LogP contribution in [0.1, 0.15) is 13.3 Å². The predicted octanol–water partition coefficient (Wildman–Crippen LogP) is 0.768. The van der Waals surface area contributed by atoms with Gasteiger partial charge in [-0.05, 0) is 13.2 Å². The first-order valence-corrected chi connectivity index (χ1v) is 4.78. The Bertz CT molecular complexity index is 164. The Morgan fingerprint density at radius 3 is 2.91 bits per heavy atom. The first kappa shape index (κ1) is 10.3. The summed E-state index contributed by atoms with van der Waals surface area (Å²) in [6.45, 7) is 1.66. The number of hydrogen-bond acceptors (Lipinski definition) is 3. The number of amides is 1. The SMILES string of the molecule is CSCCC(=O)NC(C)C#N. The third kappa shape index (κ3) is 5.74. The van der Waals surface area contributed by atoms with Crippen LogP contribution >= 0.6 is 11.8 Å². The third-order valence-electron chi connectivity index (χ3n) is 1.10. The molecular formula is C7H12N2OS.